The van der Waals surface area contributed by atoms with Crippen LogP contribution in [-0.4, -0.2) is 48.2 Å². The number of pyridine rings is 1. The van der Waals surface area contributed by atoms with Crippen molar-refractivity contribution in [1.29, 1.82) is 0 Å². The average molecular weight is 453 g/mol. The van der Waals surface area contributed by atoms with Crippen LogP contribution in [0.2, 0.25) is 0 Å². The second-order valence-corrected chi connectivity index (χ2v) is 8.57. The van der Waals surface area contributed by atoms with E-state index in [-0.39, 0.29) is 5.91 Å². The number of piperidine rings is 1. The summed E-state index contributed by atoms with van der Waals surface area (Å²) in [5.74, 6) is 0.803. The minimum Gasteiger partial charge on any atom is -0.467 e. The lowest BCUT2D eigenvalue weighted by molar-refractivity contribution is 0.0696. The second kappa shape index (κ2) is 8.62. The molecule has 0 bridgehead atoms. The number of likely N-dealkylation sites (tertiary alicyclic amines) is 1. The largest absolute Gasteiger partial charge is 0.467 e. The predicted octanol–water partition coefficient (Wildman–Crippen LogP) is 4.41. The topological polar surface area (TPSA) is 82.0 Å². The molecule has 4 aromatic heterocycles. The molecule has 8 heteroatoms. The maximum absolute atomic E-state index is 13.7. The fourth-order valence-corrected chi connectivity index (χ4v) is 4.67. The van der Waals surface area contributed by atoms with E-state index in [0.717, 1.165) is 35.2 Å². The van der Waals surface area contributed by atoms with Gasteiger partial charge in [-0.2, -0.15) is 5.10 Å². The zero-order valence-corrected chi connectivity index (χ0v) is 18.6. The molecule has 0 radical (unpaired) electrons. The summed E-state index contributed by atoms with van der Waals surface area (Å²) in [5.41, 5.74) is 3.03. The Hall–Kier alpha value is -4.20. The molecule has 0 unspecified atom stereocenters. The molecule has 0 spiro atoms. The number of imidazole rings is 1. The van der Waals surface area contributed by atoms with Crippen molar-refractivity contribution in [3.8, 4) is 11.3 Å². The molecule has 8 nitrogen and oxygen atoms in total. The van der Waals surface area contributed by atoms with Crippen molar-refractivity contribution >= 4 is 16.9 Å². The number of amides is 1. The number of nitrogens with zero attached hydrogens (tertiary/aromatic N) is 6. The molecule has 170 valence electrons. The molecule has 0 N–H and O–H groups in total. The summed E-state index contributed by atoms with van der Waals surface area (Å²) in [7, 11) is 0. The third-order valence-electron chi connectivity index (χ3n) is 6.49. The zero-order chi connectivity index (χ0) is 22.9. The highest BCUT2D eigenvalue weighted by Gasteiger charge is 2.27. The van der Waals surface area contributed by atoms with Gasteiger partial charge in [0.15, 0.2) is 5.65 Å². The number of hydrogen-bond donors (Lipinski definition) is 0. The second-order valence-electron chi connectivity index (χ2n) is 8.57. The van der Waals surface area contributed by atoms with Gasteiger partial charge in [0.05, 0.1) is 35.4 Å². The van der Waals surface area contributed by atoms with E-state index in [1.54, 1.807) is 23.3 Å². The Morgan fingerprint density at radius 3 is 2.68 bits per heavy atom. The van der Waals surface area contributed by atoms with E-state index in [1.165, 1.54) is 0 Å². The van der Waals surface area contributed by atoms with E-state index < -0.39 is 0 Å². The fraction of sp³-hybridized carbons (Fsp3) is 0.231. The fourth-order valence-electron chi connectivity index (χ4n) is 4.67. The first-order valence-electron chi connectivity index (χ1n) is 11.5. The van der Waals surface area contributed by atoms with Gasteiger partial charge < -0.3 is 13.9 Å². The number of carbonyl (C=O) groups excluding carboxylic acids is 1. The van der Waals surface area contributed by atoms with Crippen LogP contribution in [0.5, 0.6) is 0 Å². The highest BCUT2D eigenvalue weighted by molar-refractivity contribution is 6.06. The van der Waals surface area contributed by atoms with Crippen molar-refractivity contribution in [2.75, 3.05) is 13.1 Å². The monoisotopic (exact) mass is 452 g/mol. The number of hydrogen-bond acceptors (Lipinski definition) is 5. The van der Waals surface area contributed by atoms with Gasteiger partial charge in [0, 0.05) is 37.1 Å². The summed E-state index contributed by atoms with van der Waals surface area (Å²) in [4.78, 5) is 24.7. The standard InChI is InChI=1S/C26H24N6O2/c33-26(30-11-8-20(9-12-30)31-13-10-27-18-31)22-15-24(19-5-2-1-3-6-19)29-25-23(22)16-28-32(25)17-21-7-4-14-34-21/h1-7,10,13-16,18,20H,8-9,11-12,17H2. The molecular weight excluding hydrogens is 428 g/mol. The molecule has 1 aromatic carbocycles. The van der Waals surface area contributed by atoms with Crippen LogP contribution in [-0.2, 0) is 6.54 Å². The predicted molar refractivity (Wildman–Crippen MR) is 127 cm³/mol. The van der Waals surface area contributed by atoms with Crippen LogP contribution in [0.3, 0.4) is 0 Å². The summed E-state index contributed by atoms with van der Waals surface area (Å²) in [6.45, 7) is 1.85. The van der Waals surface area contributed by atoms with Gasteiger partial charge in [-0.25, -0.2) is 14.6 Å². The summed E-state index contributed by atoms with van der Waals surface area (Å²) in [5, 5.41) is 5.31. The van der Waals surface area contributed by atoms with Crippen molar-refractivity contribution in [3.05, 3.63) is 91.0 Å². The van der Waals surface area contributed by atoms with Crippen LogP contribution in [0.25, 0.3) is 22.3 Å². The van der Waals surface area contributed by atoms with Gasteiger partial charge in [-0.05, 0) is 31.0 Å². The number of aromatic nitrogens is 5. The van der Waals surface area contributed by atoms with E-state index in [4.69, 9.17) is 9.40 Å². The first-order valence-corrected chi connectivity index (χ1v) is 11.5. The molecule has 0 atom stereocenters. The molecular formula is C26H24N6O2. The summed E-state index contributed by atoms with van der Waals surface area (Å²) < 4.78 is 9.45. The van der Waals surface area contributed by atoms with Gasteiger partial charge in [-0.3, -0.25) is 4.79 Å². The first kappa shape index (κ1) is 20.4. The first-order chi connectivity index (χ1) is 16.8. The molecule has 5 heterocycles. The van der Waals surface area contributed by atoms with Crippen molar-refractivity contribution in [1.82, 2.24) is 29.2 Å². The number of carbonyl (C=O) groups is 1. The molecule has 1 aliphatic heterocycles. The van der Waals surface area contributed by atoms with Crippen molar-refractivity contribution in [2.45, 2.75) is 25.4 Å². The molecule has 34 heavy (non-hydrogen) atoms. The van der Waals surface area contributed by atoms with Gasteiger partial charge in [-0.1, -0.05) is 30.3 Å². The van der Waals surface area contributed by atoms with Crippen molar-refractivity contribution in [2.24, 2.45) is 0 Å². The molecule has 1 aliphatic rings. The van der Waals surface area contributed by atoms with E-state index in [1.807, 2.05) is 66.0 Å². The third kappa shape index (κ3) is 3.77. The van der Waals surface area contributed by atoms with Crippen LogP contribution in [0.15, 0.2) is 84.1 Å². The normalized spacial score (nSPS) is 14.6. The van der Waals surface area contributed by atoms with Crippen LogP contribution in [0, 0.1) is 0 Å². The lowest BCUT2D eigenvalue weighted by Crippen LogP contribution is -2.39. The summed E-state index contributed by atoms with van der Waals surface area (Å²) in [6, 6.07) is 16.0. The number of fused-ring (bicyclic) bond motifs is 1. The number of benzene rings is 1. The maximum Gasteiger partial charge on any atom is 0.254 e. The molecule has 6 rings (SSSR count). The summed E-state index contributed by atoms with van der Waals surface area (Å²) >= 11 is 0. The SMILES string of the molecule is O=C(c1cc(-c2ccccc2)nc2c1cnn2Cc1ccco1)N1CCC(n2ccnc2)CC1. The smallest absolute Gasteiger partial charge is 0.254 e. The lowest BCUT2D eigenvalue weighted by atomic mass is 10.0. The highest BCUT2D eigenvalue weighted by Crippen LogP contribution is 2.29. The minimum absolute atomic E-state index is 0.0196. The third-order valence-corrected chi connectivity index (χ3v) is 6.49. The minimum atomic E-state index is 0.0196. The number of rotatable bonds is 5. The molecule has 5 aromatic rings. The zero-order valence-electron chi connectivity index (χ0n) is 18.6. The van der Waals surface area contributed by atoms with Crippen LogP contribution < -0.4 is 0 Å². The van der Waals surface area contributed by atoms with Crippen LogP contribution in [0.1, 0.15) is 35.0 Å². The summed E-state index contributed by atoms with van der Waals surface area (Å²) in [6.07, 6.45) is 10.8. The molecule has 0 saturated carbocycles. The van der Waals surface area contributed by atoms with E-state index in [0.29, 0.717) is 36.9 Å². The quantitative estimate of drug-likeness (QED) is 0.394. The molecule has 1 amide bonds. The highest BCUT2D eigenvalue weighted by atomic mass is 16.3. The Morgan fingerprint density at radius 1 is 1.09 bits per heavy atom. The van der Waals surface area contributed by atoms with E-state index >= 15 is 0 Å². The van der Waals surface area contributed by atoms with Crippen molar-refractivity contribution in [3.63, 3.8) is 0 Å². The van der Waals surface area contributed by atoms with E-state index in [9.17, 15) is 4.79 Å². The van der Waals surface area contributed by atoms with Crippen molar-refractivity contribution < 1.29 is 9.21 Å². The van der Waals surface area contributed by atoms with Crippen LogP contribution in [0.4, 0.5) is 0 Å². The van der Waals surface area contributed by atoms with Crippen LogP contribution >= 0.6 is 0 Å². The average Bonchev–Trinajstić information content (AvgIpc) is 3.67. The van der Waals surface area contributed by atoms with E-state index in [2.05, 4.69) is 14.6 Å². The molecule has 1 saturated heterocycles. The van der Waals surface area contributed by atoms with Gasteiger partial charge in [-0.15, -0.1) is 0 Å². The molecule has 0 aliphatic carbocycles. The number of furan rings is 1. The lowest BCUT2D eigenvalue weighted by Gasteiger charge is -2.32. The maximum atomic E-state index is 13.7. The Morgan fingerprint density at radius 2 is 1.94 bits per heavy atom. The Kier molecular flexibility index (Phi) is 5.18. The Bertz CT molecular complexity index is 1400. The Balaban J connectivity index is 1.36. The Labute approximate surface area is 196 Å². The van der Waals surface area contributed by atoms with Gasteiger partial charge in [0.1, 0.15) is 12.3 Å². The van der Waals surface area contributed by atoms with Gasteiger partial charge in [0.2, 0.25) is 0 Å². The van der Waals surface area contributed by atoms with Gasteiger partial charge >= 0.3 is 0 Å². The van der Waals surface area contributed by atoms with Gasteiger partial charge in [0.25, 0.3) is 5.91 Å². The molecule has 1 fully saturated rings.